The zero-order valence-corrected chi connectivity index (χ0v) is 19.0. The van der Waals surface area contributed by atoms with Gasteiger partial charge >= 0.3 is 0 Å². The number of aromatic nitrogens is 3. The first-order chi connectivity index (χ1) is 15.4. The van der Waals surface area contributed by atoms with Gasteiger partial charge in [-0.2, -0.15) is 0 Å². The summed E-state index contributed by atoms with van der Waals surface area (Å²) in [6.45, 7) is 8.68. The number of nitrogens with zero attached hydrogens (tertiary/aromatic N) is 4. The highest BCUT2D eigenvalue weighted by molar-refractivity contribution is 5.74. The molecule has 5 heterocycles. The molecule has 3 saturated heterocycles. The predicted molar refractivity (Wildman–Crippen MR) is 124 cm³/mol. The van der Waals surface area contributed by atoms with Gasteiger partial charge in [-0.3, -0.25) is 4.79 Å². The van der Waals surface area contributed by atoms with Crippen molar-refractivity contribution in [2.45, 2.75) is 51.2 Å². The third kappa shape index (κ3) is 3.75. The van der Waals surface area contributed by atoms with Gasteiger partial charge in [-0.25, -0.2) is 9.50 Å². The highest BCUT2D eigenvalue weighted by Gasteiger charge is 2.65. The largest absolute Gasteiger partial charge is 0.370 e. The molecule has 1 aliphatic carbocycles. The van der Waals surface area contributed by atoms with Crippen molar-refractivity contribution in [2.75, 3.05) is 24.6 Å². The molecule has 1 aromatic carbocycles. The molecule has 3 aromatic rings. The van der Waals surface area contributed by atoms with Crippen LogP contribution in [0.3, 0.4) is 0 Å². The number of hydrogen-bond donors (Lipinski definition) is 1. The van der Waals surface area contributed by atoms with Crippen LogP contribution in [0.1, 0.15) is 44.5 Å². The fourth-order valence-electron chi connectivity index (χ4n) is 5.29. The number of hydrogen-bond acceptors (Lipinski definition) is 5. The lowest BCUT2D eigenvalue weighted by molar-refractivity contribution is -0.122. The number of aryl methyl sites for hydroxylation is 1. The first-order valence-corrected chi connectivity index (χ1v) is 11.4. The van der Waals surface area contributed by atoms with E-state index in [4.69, 9.17) is 14.8 Å². The Labute approximate surface area is 188 Å². The van der Waals surface area contributed by atoms with E-state index in [9.17, 15) is 4.79 Å². The zero-order chi connectivity index (χ0) is 22.3. The van der Waals surface area contributed by atoms with Crippen LogP contribution in [0.4, 0.5) is 5.69 Å². The minimum atomic E-state index is -0.441. The Hall–Kier alpha value is -2.93. The van der Waals surface area contributed by atoms with Crippen LogP contribution in [0, 0.1) is 12.8 Å². The molecule has 1 N–H and O–H groups in total. The minimum Gasteiger partial charge on any atom is -0.370 e. The third-order valence-electron chi connectivity index (χ3n) is 6.78. The molecular formula is C25H31N5O2. The van der Waals surface area contributed by atoms with Crippen LogP contribution in [0.25, 0.3) is 5.65 Å². The molecule has 2 aromatic heterocycles. The molecule has 32 heavy (non-hydrogen) atoms. The van der Waals surface area contributed by atoms with Gasteiger partial charge in [0.1, 0.15) is 5.60 Å². The number of fused-ring (bicyclic) bond motifs is 2. The normalized spacial score (nSPS) is 28.2. The van der Waals surface area contributed by atoms with E-state index < -0.39 is 5.60 Å². The number of amides is 1. The number of pyridine rings is 1. The summed E-state index contributed by atoms with van der Waals surface area (Å²) in [6.07, 6.45) is 4.84. The lowest BCUT2D eigenvalue weighted by Gasteiger charge is -2.42. The van der Waals surface area contributed by atoms with Gasteiger partial charge in [0, 0.05) is 32.9 Å². The maximum atomic E-state index is 11.4. The fraction of sp³-hybridized carbons (Fsp3) is 0.480. The summed E-state index contributed by atoms with van der Waals surface area (Å²) >= 11 is 0. The van der Waals surface area contributed by atoms with Gasteiger partial charge in [-0.1, -0.05) is 43.3 Å². The summed E-state index contributed by atoms with van der Waals surface area (Å²) < 4.78 is 7.96. The number of carbonyl (C=O) groups excluding carboxylic acids is 1. The Bertz CT molecular complexity index is 1090. The molecular weight excluding hydrogens is 402 g/mol. The summed E-state index contributed by atoms with van der Waals surface area (Å²) in [7, 11) is 0. The summed E-state index contributed by atoms with van der Waals surface area (Å²) in [5, 5.41) is 7.81. The first-order valence-electron chi connectivity index (χ1n) is 11.4. The number of ether oxygens (including phenoxy) is 1. The van der Waals surface area contributed by atoms with Gasteiger partial charge in [0.15, 0.2) is 11.5 Å². The van der Waals surface area contributed by atoms with Gasteiger partial charge in [-0.05, 0) is 30.9 Å². The molecule has 3 aliphatic heterocycles. The Kier molecular flexibility index (Phi) is 5.16. The van der Waals surface area contributed by atoms with Crippen LogP contribution in [-0.2, 0) is 15.1 Å². The first kappa shape index (κ1) is 20.9. The molecule has 7 nitrogen and oxygen atoms in total. The number of rotatable bonds is 3. The van der Waals surface area contributed by atoms with E-state index in [0.717, 1.165) is 48.9 Å². The molecule has 1 unspecified atom stereocenters. The number of benzene rings is 1. The highest BCUT2D eigenvalue weighted by atomic mass is 16.5. The van der Waals surface area contributed by atoms with Crippen LogP contribution >= 0.6 is 0 Å². The van der Waals surface area contributed by atoms with Crippen LogP contribution in [0.5, 0.6) is 0 Å². The van der Waals surface area contributed by atoms with Gasteiger partial charge in [0.2, 0.25) is 5.91 Å². The highest BCUT2D eigenvalue weighted by Crippen LogP contribution is 2.56. The SMILES string of the molecule is CC(=O)NC12COC(c3nc4c(C)cc(N5CCC(C)C5)cn4n3)(C1)C2.c1ccccc1. The monoisotopic (exact) mass is 433 g/mol. The van der Waals surface area contributed by atoms with E-state index in [-0.39, 0.29) is 11.4 Å². The van der Waals surface area contributed by atoms with Gasteiger partial charge in [0.05, 0.1) is 24.0 Å². The fourth-order valence-corrected chi connectivity index (χ4v) is 5.29. The molecule has 0 spiro atoms. The van der Waals surface area contributed by atoms with Crippen LogP contribution in [-0.4, -0.2) is 45.7 Å². The van der Waals surface area contributed by atoms with Crippen LogP contribution < -0.4 is 10.2 Å². The molecule has 168 valence electrons. The van der Waals surface area contributed by atoms with Gasteiger partial charge < -0.3 is 15.0 Å². The molecule has 2 bridgehead atoms. The second-order valence-corrected chi connectivity index (χ2v) is 9.68. The average Bonchev–Trinajstić information content (AvgIpc) is 3.51. The zero-order valence-electron chi connectivity index (χ0n) is 19.0. The van der Waals surface area contributed by atoms with Crippen molar-refractivity contribution >= 4 is 17.2 Å². The Morgan fingerprint density at radius 3 is 2.47 bits per heavy atom. The minimum absolute atomic E-state index is 0.00705. The van der Waals surface area contributed by atoms with Crippen molar-refractivity contribution in [2.24, 2.45) is 5.92 Å². The van der Waals surface area contributed by atoms with Crippen molar-refractivity contribution in [1.82, 2.24) is 19.9 Å². The molecule has 7 rings (SSSR count). The number of carbonyl (C=O) groups is 1. The molecule has 1 saturated carbocycles. The molecule has 4 fully saturated rings. The van der Waals surface area contributed by atoms with Crippen molar-refractivity contribution in [3.05, 3.63) is 60.0 Å². The number of nitrogens with one attached hydrogen (secondary N) is 1. The van der Waals surface area contributed by atoms with E-state index in [1.165, 1.54) is 12.1 Å². The Morgan fingerprint density at radius 1 is 1.19 bits per heavy atom. The van der Waals surface area contributed by atoms with Crippen molar-refractivity contribution < 1.29 is 9.53 Å². The van der Waals surface area contributed by atoms with Gasteiger partial charge in [-0.15, -0.1) is 5.10 Å². The van der Waals surface area contributed by atoms with E-state index in [2.05, 4.69) is 36.3 Å². The topological polar surface area (TPSA) is 71.8 Å². The summed E-state index contributed by atoms with van der Waals surface area (Å²) in [5.41, 5.74) is 2.56. The quantitative estimate of drug-likeness (QED) is 0.685. The number of anilines is 1. The molecule has 0 radical (unpaired) electrons. The van der Waals surface area contributed by atoms with E-state index >= 15 is 0 Å². The van der Waals surface area contributed by atoms with E-state index in [1.807, 2.05) is 40.9 Å². The average molecular weight is 434 g/mol. The molecule has 1 amide bonds. The lowest BCUT2D eigenvalue weighted by Crippen LogP contribution is -2.58. The maximum absolute atomic E-state index is 11.4. The molecule has 4 aliphatic rings. The lowest BCUT2D eigenvalue weighted by atomic mass is 9.68. The Balaban J connectivity index is 0.000000314. The second kappa shape index (κ2) is 7.89. The van der Waals surface area contributed by atoms with Crippen LogP contribution in [0.2, 0.25) is 0 Å². The van der Waals surface area contributed by atoms with E-state index in [1.54, 1.807) is 6.92 Å². The standard InChI is InChI=1S/C19H25N5O2.C6H6/c1-12-4-5-23(7-12)15-6-13(2)16-20-17(22-24(16)8-15)19-9-18(10-19,11-26-19)21-14(3)25;1-2-4-6-5-3-1/h6,8,12H,4-5,7,9-11H2,1-3H3,(H,21,25);1-6H. The van der Waals surface area contributed by atoms with Crippen molar-refractivity contribution in [1.29, 1.82) is 0 Å². The third-order valence-corrected chi connectivity index (χ3v) is 6.78. The summed E-state index contributed by atoms with van der Waals surface area (Å²) in [4.78, 5) is 18.7. The Morgan fingerprint density at radius 2 is 1.88 bits per heavy atom. The van der Waals surface area contributed by atoms with Gasteiger partial charge in [0.25, 0.3) is 0 Å². The molecule has 7 heteroatoms. The second-order valence-electron chi connectivity index (χ2n) is 9.68. The predicted octanol–water partition coefficient (Wildman–Crippen LogP) is 3.46. The molecule has 1 atom stereocenters. The van der Waals surface area contributed by atoms with Crippen LogP contribution in [0.15, 0.2) is 48.7 Å². The maximum Gasteiger partial charge on any atom is 0.217 e. The summed E-state index contributed by atoms with van der Waals surface area (Å²) in [5.74, 6) is 1.47. The van der Waals surface area contributed by atoms with Crippen molar-refractivity contribution in [3.63, 3.8) is 0 Å². The van der Waals surface area contributed by atoms with Crippen molar-refractivity contribution in [3.8, 4) is 0 Å². The summed E-state index contributed by atoms with van der Waals surface area (Å²) in [6, 6.07) is 14.2. The smallest absolute Gasteiger partial charge is 0.217 e. The van der Waals surface area contributed by atoms with E-state index in [0.29, 0.717) is 6.61 Å².